The molecule has 0 saturated carbocycles. The van der Waals surface area contributed by atoms with Gasteiger partial charge in [0.15, 0.2) is 0 Å². The number of carbonyl (C=O) groups excluding carboxylic acids is 2. The first-order chi connectivity index (χ1) is 8.15. The van der Waals surface area contributed by atoms with Gasteiger partial charge in [-0.15, -0.1) is 0 Å². The third-order valence-corrected chi connectivity index (χ3v) is 3.39. The average molecular weight is 253 g/mol. The Labute approximate surface area is 102 Å². The molecule has 3 heterocycles. The molecule has 0 spiro atoms. The number of hydrogen-bond donors (Lipinski definition) is 1. The van der Waals surface area contributed by atoms with Crippen LogP contribution in [-0.2, 0) is 9.59 Å². The Morgan fingerprint density at radius 1 is 1.24 bits per heavy atom. The minimum Gasteiger partial charge on any atom is -0.355 e. The van der Waals surface area contributed by atoms with Gasteiger partial charge in [0.05, 0.1) is 11.8 Å². The van der Waals surface area contributed by atoms with Gasteiger partial charge in [0.2, 0.25) is 11.8 Å². The van der Waals surface area contributed by atoms with Crippen molar-refractivity contribution in [3.8, 4) is 0 Å². The molecule has 17 heavy (non-hydrogen) atoms. The first kappa shape index (κ1) is 10.5. The molecule has 0 bridgehead atoms. The number of halogens is 1. The fraction of sp³-hybridized carbons (Fsp3) is 0.400. The van der Waals surface area contributed by atoms with Crippen LogP contribution in [-0.4, -0.2) is 34.9 Å². The van der Waals surface area contributed by atoms with E-state index in [2.05, 4.69) is 15.3 Å². The van der Waals surface area contributed by atoms with Gasteiger partial charge in [-0.3, -0.25) is 14.9 Å². The maximum absolute atomic E-state index is 11.5. The number of hydrogen-bond acceptors (Lipinski definition) is 5. The van der Waals surface area contributed by atoms with E-state index in [1.54, 1.807) is 6.07 Å². The van der Waals surface area contributed by atoms with Crippen LogP contribution in [0.2, 0.25) is 5.15 Å². The molecule has 3 rings (SSSR count). The SMILES string of the molecule is O=C1NC(=O)C2CN(c3cc(Cl)ncn3)CC12. The zero-order valence-corrected chi connectivity index (χ0v) is 9.52. The average Bonchev–Trinajstić information content (AvgIpc) is 2.82. The number of rotatable bonds is 1. The highest BCUT2D eigenvalue weighted by Gasteiger charge is 2.48. The zero-order chi connectivity index (χ0) is 12.0. The Morgan fingerprint density at radius 3 is 2.47 bits per heavy atom. The van der Waals surface area contributed by atoms with E-state index in [-0.39, 0.29) is 23.7 Å². The normalized spacial score (nSPS) is 27.2. The molecule has 2 unspecified atom stereocenters. The molecule has 2 aliphatic rings. The lowest BCUT2D eigenvalue weighted by atomic mass is 10.00. The first-order valence-corrected chi connectivity index (χ1v) is 5.60. The minimum absolute atomic E-state index is 0.192. The minimum atomic E-state index is -0.267. The van der Waals surface area contributed by atoms with E-state index >= 15 is 0 Å². The molecular weight excluding hydrogens is 244 g/mol. The summed E-state index contributed by atoms with van der Waals surface area (Å²) < 4.78 is 0. The van der Waals surface area contributed by atoms with Crippen LogP contribution in [0.4, 0.5) is 5.82 Å². The van der Waals surface area contributed by atoms with Crippen LogP contribution in [0.5, 0.6) is 0 Å². The van der Waals surface area contributed by atoms with Crippen LogP contribution in [0.3, 0.4) is 0 Å². The summed E-state index contributed by atoms with van der Waals surface area (Å²) in [7, 11) is 0. The van der Waals surface area contributed by atoms with Crippen molar-refractivity contribution in [3.63, 3.8) is 0 Å². The van der Waals surface area contributed by atoms with Crippen molar-refractivity contribution < 1.29 is 9.59 Å². The maximum Gasteiger partial charge on any atom is 0.232 e. The fourth-order valence-corrected chi connectivity index (χ4v) is 2.47. The fourth-order valence-electron chi connectivity index (χ4n) is 2.33. The topological polar surface area (TPSA) is 75.2 Å². The van der Waals surface area contributed by atoms with E-state index in [0.717, 1.165) is 0 Å². The molecule has 2 fully saturated rings. The highest BCUT2D eigenvalue weighted by molar-refractivity contribution is 6.29. The van der Waals surface area contributed by atoms with Gasteiger partial charge in [0, 0.05) is 19.2 Å². The number of fused-ring (bicyclic) bond motifs is 1. The molecule has 0 aromatic carbocycles. The summed E-state index contributed by atoms with van der Waals surface area (Å²) in [5.41, 5.74) is 0. The molecule has 2 saturated heterocycles. The molecule has 6 nitrogen and oxygen atoms in total. The third kappa shape index (κ3) is 1.64. The van der Waals surface area contributed by atoms with Crippen LogP contribution in [0, 0.1) is 11.8 Å². The maximum atomic E-state index is 11.5. The molecule has 1 N–H and O–H groups in total. The van der Waals surface area contributed by atoms with Crippen LogP contribution in [0.15, 0.2) is 12.4 Å². The van der Waals surface area contributed by atoms with Crippen molar-refractivity contribution in [1.29, 1.82) is 0 Å². The summed E-state index contributed by atoms with van der Waals surface area (Å²) in [4.78, 5) is 32.8. The monoisotopic (exact) mass is 252 g/mol. The van der Waals surface area contributed by atoms with E-state index in [0.29, 0.717) is 24.1 Å². The van der Waals surface area contributed by atoms with E-state index in [4.69, 9.17) is 11.6 Å². The van der Waals surface area contributed by atoms with Crippen molar-refractivity contribution in [2.24, 2.45) is 11.8 Å². The van der Waals surface area contributed by atoms with Crippen molar-refractivity contribution >= 4 is 29.2 Å². The van der Waals surface area contributed by atoms with Crippen LogP contribution >= 0.6 is 11.6 Å². The summed E-state index contributed by atoms with van der Waals surface area (Å²) in [5, 5.41) is 2.69. The number of imide groups is 1. The Balaban J connectivity index is 1.85. The van der Waals surface area contributed by atoms with Crippen LogP contribution < -0.4 is 10.2 Å². The molecule has 2 atom stereocenters. The van der Waals surface area contributed by atoms with Gasteiger partial charge in [-0.2, -0.15) is 0 Å². The second kappa shape index (κ2) is 3.66. The number of nitrogens with zero attached hydrogens (tertiary/aromatic N) is 3. The van der Waals surface area contributed by atoms with Crippen molar-refractivity contribution in [2.45, 2.75) is 0 Å². The highest BCUT2D eigenvalue weighted by atomic mass is 35.5. The van der Waals surface area contributed by atoms with Crippen molar-refractivity contribution in [1.82, 2.24) is 15.3 Å². The standard InChI is InChI=1S/C10H9ClN4O2/c11-7-1-8(13-4-12-7)15-2-5-6(3-15)10(17)14-9(5)16/h1,4-6H,2-3H2,(H,14,16,17). The lowest BCUT2D eigenvalue weighted by Gasteiger charge is -2.17. The van der Waals surface area contributed by atoms with Gasteiger partial charge in [0.25, 0.3) is 0 Å². The van der Waals surface area contributed by atoms with Gasteiger partial charge in [-0.25, -0.2) is 9.97 Å². The molecule has 7 heteroatoms. The summed E-state index contributed by atoms with van der Waals surface area (Å²) in [6.45, 7) is 0.991. The molecular formula is C10H9ClN4O2. The van der Waals surface area contributed by atoms with Crippen LogP contribution in [0.25, 0.3) is 0 Å². The lowest BCUT2D eigenvalue weighted by molar-refractivity contribution is -0.126. The second-order valence-corrected chi connectivity index (χ2v) is 4.56. The highest BCUT2D eigenvalue weighted by Crippen LogP contribution is 2.31. The van der Waals surface area contributed by atoms with E-state index in [9.17, 15) is 9.59 Å². The molecule has 2 amide bonds. The molecule has 88 valence electrons. The number of anilines is 1. The van der Waals surface area contributed by atoms with E-state index < -0.39 is 0 Å². The summed E-state index contributed by atoms with van der Waals surface area (Å²) >= 11 is 5.78. The predicted octanol–water partition coefficient (Wildman–Crippen LogP) is -0.161. The number of aromatic nitrogens is 2. The molecule has 2 aliphatic heterocycles. The molecule has 0 radical (unpaired) electrons. The summed E-state index contributed by atoms with van der Waals surface area (Å²) in [6.07, 6.45) is 1.37. The summed E-state index contributed by atoms with van der Waals surface area (Å²) in [5.74, 6) is -0.266. The quantitative estimate of drug-likeness (QED) is 0.555. The van der Waals surface area contributed by atoms with Crippen LogP contribution in [0.1, 0.15) is 0 Å². The largest absolute Gasteiger partial charge is 0.355 e. The summed E-state index contributed by atoms with van der Waals surface area (Å²) in [6, 6.07) is 1.63. The molecule has 1 aromatic rings. The van der Waals surface area contributed by atoms with Gasteiger partial charge in [-0.1, -0.05) is 11.6 Å². The molecule has 1 aromatic heterocycles. The number of carbonyl (C=O) groups is 2. The first-order valence-electron chi connectivity index (χ1n) is 5.22. The Bertz CT molecular complexity index is 485. The molecule has 0 aliphatic carbocycles. The Morgan fingerprint density at radius 2 is 1.88 bits per heavy atom. The third-order valence-electron chi connectivity index (χ3n) is 3.18. The number of amides is 2. The number of nitrogens with one attached hydrogen (secondary N) is 1. The zero-order valence-electron chi connectivity index (χ0n) is 8.76. The second-order valence-electron chi connectivity index (χ2n) is 4.17. The Kier molecular flexibility index (Phi) is 2.25. The lowest BCUT2D eigenvalue weighted by Crippen LogP contribution is -2.31. The Hall–Kier alpha value is -1.69. The van der Waals surface area contributed by atoms with Crippen molar-refractivity contribution in [2.75, 3.05) is 18.0 Å². The van der Waals surface area contributed by atoms with E-state index in [1.807, 2.05) is 4.90 Å². The van der Waals surface area contributed by atoms with Crippen molar-refractivity contribution in [3.05, 3.63) is 17.5 Å². The van der Waals surface area contributed by atoms with E-state index in [1.165, 1.54) is 6.33 Å². The smallest absolute Gasteiger partial charge is 0.232 e. The predicted molar refractivity (Wildman–Crippen MR) is 59.4 cm³/mol. The van der Waals surface area contributed by atoms with Gasteiger partial charge >= 0.3 is 0 Å². The van der Waals surface area contributed by atoms with Gasteiger partial charge in [-0.05, 0) is 0 Å². The van der Waals surface area contributed by atoms with Gasteiger partial charge in [0.1, 0.15) is 17.3 Å². The van der Waals surface area contributed by atoms with Gasteiger partial charge < -0.3 is 4.90 Å².